The molecule has 1 atom stereocenters. The summed E-state index contributed by atoms with van der Waals surface area (Å²) in [4.78, 5) is 11.8. The maximum Gasteiger partial charge on any atom is 0.251 e. The van der Waals surface area contributed by atoms with E-state index in [4.69, 9.17) is 0 Å². The Bertz CT molecular complexity index is 496. The molecule has 0 saturated carbocycles. The van der Waals surface area contributed by atoms with Gasteiger partial charge in [0.05, 0.1) is 6.10 Å². The Hall–Kier alpha value is -2.13. The average molecular weight is 241 g/mol. The van der Waals surface area contributed by atoms with Crippen LogP contribution in [0.3, 0.4) is 0 Å². The second-order valence-electron chi connectivity index (χ2n) is 4.00. The normalized spacial score (nSPS) is 11.8. The second kappa shape index (κ2) is 5.98. The molecule has 0 saturated heterocycles. The SMILES string of the molecule is O=C(NC[C@H](O)c1ccccc1)c1ccccc1. The standard InChI is InChI=1S/C15H15NO2/c17-14(12-7-3-1-4-8-12)11-16-15(18)13-9-5-2-6-10-13/h1-10,14,17H,11H2,(H,16,18)/t14-/m0/s1. The Labute approximate surface area is 106 Å². The van der Waals surface area contributed by atoms with Crippen LogP contribution in [0.1, 0.15) is 22.0 Å². The summed E-state index contributed by atoms with van der Waals surface area (Å²) in [5, 5.41) is 12.6. The zero-order valence-electron chi connectivity index (χ0n) is 9.91. The topological polar surface area (TPSA) is 49.3 Å². The van der Waals surface area contributed by atoms with Crippen molar-refractivity contribution in [3.63, 3.8) is 0 Å². The molecule has 0 unspecified atom stereocenters. The third-order valence-electron chi connectivity index (χ3n) is 2.68. The molecule has 18 heavy (non-hydrogen) atoms. The van der Waals surface area contributed by atoms with Crippen LogP contribution in [0.25, 0.3) is 0 Å². The van der Waals surface area contributed by atoms with E-state index in [-0.39, 0.29) is 12.5 Å². The summed E-state index contributed by atoms with van der Waals surface area (Å²) in [6.45, 7) is 0.206. The van der Waals surface area contributed by atoms with Crippen LogP contribution in [-0.4, -0.2) is 17.6 Å². The number of aliphatic hydroxyl groups excluding tert-OH is 1. The van der Waals surface area contributed by atoms with E-state index in [0.29, 0.717) is 5.56 Å². The molecule has 2 aromatic rings. The molecule has 2 aromatic carbocycles. The maximum atomic E-state index is 11.8. The lowest BCUT2D eigenvalue weighted by Gasteiger charge is -2.12. The van der Waals surface area contributed by atoms with Crippen molar-refractivity contribution in [3.05, 3.63) is 71.8 Å². The minimum absolute atomic E-state index is 0.175. The molecule has 0 heterocycles. The van der Waals surface area contributed by atoms with Crippen molar-refractivity contribution in [1.82, 2.24) is 5.32 Å². The van der Waals surface area contributed by atoms with Gasteiger partial charge in [0.2, 0.25) is 0 Å². The van der Waals surface area contributed by atoms with Crippen molar-refractivity contribution >= 4 is 5.91 Å². The zero-order chi connectivity index (χ0) is 12.8. The quantitative estimate of drug-likeness (QED) is 0.861. The summed E-state index contributed by atoms with van der Waals surface area (Å²) in [6.07, 6.45) is -0.682. The van der Waals surface area contributed by atoms with E-state index < -0.39 is 6.10 Å². The fraction of sp³-hybridized carbons (Fsp3) is 0.133. The number of hydrogen-bond donors (Lipinski definition) is 2. The highest BCUT2D eigenvalue weighted by atomic mass is 16.3. The number of aliphatic hydroxyl groups is 1. The number of carbonyl (C=O) groups is 1. The Balaban J connectivity index is 1.91. The third-order valence-corrected chi connectivity index (χ3v) is 2.68. The summed E-state index contributed by atoms with van der Waals surface area (Å²) in [5.74, 6) is -0.175. The van der Waals surface area contributed by atoms with Crippen LogP contribution in [0.15, 0.2) is 60.7 Å². The summed E-state index contributed by atoms with van der Waals surface area (Å²) >= 11 is 0. The zero-order valence-corrected chi connectivity index (χ0v) is 9.91. The molecule has 2 N–H and O–H groups in total. The van der Waals surface area contributed by atoms with E-state index in [2.05, 4.69) is 5.32 Å². The van der Waals surface area contributed by atoms with Gasteiger partial charge in [0.25, 0.3) is 5.91 Å². The first-order valence-corrected chi connectivity index (χ1v) is 5.83. The lowest BCUT2D eigenvalue weighted by molar-refractivity contribution is 0.0916. The van der Waals surface area contributed by atoms with Crippen LogP contribution in [0.5, 0.6) is 0 Å². The highest BCUT2D eigenvalue weighted by molar-refractivity contribution is 5.94. The molecular weight excluding hydrogens is 226 g/mol. The largest absolute Gasteiger partial charge is 0.387 e. The molecule has 0 fully saturated rings. The summed E-state index contributed by atoms with van der Waals surface area (Å²) in [5.41, 5.74) is 1.39. The molecule has 0 bridgehead atoms. The van der Waals surface area contributed by atoms with Crippen LogP contribution in [0.2, 0.25) is 0 Å². The second-order valence-corrected chi connectivity index (χ2v) is 4.00. The van der Waals surface area contributed by atoms with Crippen molar-refractivity contribution in [2.45, 2.75) is 6.10 Å². The van der Waals surface area contributed by atoms with Crippen LogP contribution < -0.4 is 5.32 Å². The minimum Gasteiger partial charge on any atom is -0.387 e. The van der Waals surface area contributed by atoms with Gasteiger partial charge in [0, 0.05) is 12.1 Å². The van der Waals surface area contributed by atoms with Crippen LogP contribution in [0, 0.1) is 0 Å². The summed E-state index contributed by atoms with van der Waals surface area (Å²) in [7, 11) is 0. The molecule has 3 nitrogen and oxygen atoms in total. The Morgan fingerprint density at radius 1 is 1.00 bits per heavy atom. The van der Waals surface area contributed by atoms with Gasteiger partial charge in [-0.2, -0.15) is 0 Å². The van der Waals surface area contributed by atoms with Crippen molar-refractivity contribution in [3.8, 4) is 0 Å². The van der Waals surface area contributed by atoms with Crippen molar-refractivity contribution in [2.75, 3.05) is 6.54 Å². The summed E-state index contributed by atoms with van der Waals surface area (Å²) in [6, 6.07) is 18.2. The molecule has 0 radical (unpaired) electrons. The van der Waals surface area contributed by atoms with Crippen molar-refractivity contribution < 1.29 is 9.90 Å². The predicted molar refractivity (Wildman–Crippen MR) is 70.2 cm³/mol. The Morgan fingerprint density at radius 3 is 2.17 bits per heavy atom. The summed E-state index contributed by atoms with van der Waals surface area (Å²) < 4.78 is 0. The van der Waals surface area contributed by atoms with Crippen LogP contribution in [0.4, 0.5) is 0 Å². The number of hydrogen-bond acceptors (Lipinski definition) is 2. The number of rotatable bonds is 4. The smallest absolute Gasteiger partial charge is 0.251 e. The van der Waals surface area contributed by atoms with E-state index in [1.807, 2.05) is 48.5 Å². The van der Waals surface area contributed by atoms with E-state index in [9.17, 15) is 9.90 Å². The molecular formula is C15H15NO2. The van der Waals surface area contributed by atoms with Gasteiger partial charge in [-0.25, -0.2) is 0 Å². The van der Waals surface area contributed by atoms with Gasteiger partial charge in [0.15, 0.2) is 0 Å². The van der Waals surface area contributed by atoms with E-state index in [0.717, 1.165) is 5.56 Å². The average Bonchev–Trinajstić information content (AvgIpc) is 2.46. The van der Waals surface area contributed by atoms with E-state index in [1.54, 1.807) is 12.1 Å². The first-order valence-electron chi connectivity index (χ1n) is 5.83. The Kier molecular flexibility index (Phi) is 4.10. The highest BCUT2D eigenvalue weighted by Gasteiger charge is 2.09. The van der Waals surface area contributed by atoms with Gasteiger partial charge in [-0.3, -0.25) is 4.79 Å². The predicted octanol–water partition coefficient (Wildman–Crippen LogP) is 2.15. The number of amides is 1. The Morgan fingerprint density at radius 2 is 1.56 bits per heavy atom. The number of nitrogens with one attached hydrogen (secondary N) is 1. The molecule has 1 amide bonds. The first-order chi connectivity index (χ1) is 8.77. The van der Waals surface area contributed by atoms with Crippen LogP contribution in [-0.2, 0) is 0 Å². The minimum atomic E-state index is -0.682. The van der Waals surface area contributed by atoms with Gasteiger partial charge in [0.1, 0.15) is 0 Å². The van der Waals surface area contributed by atoms with Gasteiger partial charge in [-0.15, -0.1) is 0 Å². The van der Waals surface area contributed by atoms with Gasteiger partial charge >= 0.3 is 0 Å². The maximum absolute atomic E-state index is 11.8. The van der Waals surface area contributed by atoms with Gasteiger partial charge in [-0.1, -0.05) is 48.5 Å². The highest BCUT2D eigenvalue weighted by Crippen LogP contribution is 2.10. The number of carbonyl (C=O) groups excluding carboxylic acids is 1. The molecule has 0 aliphatic carbocycles. The molecule has 3 heteroatoms. The third kappa shape index (κ3) is 3.18. The molecule has 2 rings (SSSR count). The molecule has 92 valence electrons. The van der Waals surface area contributed by atoms with Crippen molar-refractivity contribution in [1.29, 1.82) is 0 Å². The molecule has 0 aliphatic rings. The number of benzene rings is 2. The fourth-order valence-corrected chi connectivity index (χ4v) is 1.67. The molecule has 0 aliphatic heterocycles. The van der Waals surface area contributed by atoms with E-state index in [1.165, 1.54) is 0 Å². The molecule has 0 aromatic heterocycles. The lowest BCUT2D eigenvalue weighted by Crippen LogP contribution is -2.28. The lowest BCUT2D eigenvalue weighted by atomic mass is 10.1. The fourth-order valence-electron chi connectivity index (χ4n) is 1.67. The first kappa shape index (κ1) is 12.3. The van der Waals surface area contributed by atoms with Gasteiger partial charge < -0.3 is 10.4 Å². The van der Waals surface area contributed by atoms with Crippen molar-refractivity contribution in [2.24, 2.45) is 0 Å². The van der Waals surface area contributed by atoms with Crippen LogP contribution >= 0.6 is 0 Å². The van der Waals surface area contributed by atoms with E-state index >= 15 is 0 Å². The molecule has 0 spiro atoms. The monoisotopic (exact) mass is 241 g/mol. The van der Waals surface area contributed by atoms with Gasteiger partial charge in [-0.05, 0) is 17.7 Å².